The predicted octanol–water partition coefficient (Wildman–Crippen LogP) is 1.22. The number of nitrogens with one attached hydrogen (secondary N) is 1. The Bertz CT molecular complexity index is 545. The number of hydrogen-bond acceptors (Lipinski definition) is 3. The summed E-state index contributed by atoms with van der Waals surface area (Å²) in [7, 11) is -2.27. The Morgan fingerprint density at radius 3 is 2.70 bits per heavy atom. The van der Waals surface area contributed by atoms with Crippen molar-refractivity contribution in [3.63, 3.8) is 0 Å². The molecule has 1 amide bonds. The van der Waals surface area contributed by atoms with Gasteiger partial charge in [-0.15, -0.1) is 4.40 Å². The van der Waals surface area contributed by atoms with Crippen LogP contribution in [0.5, 0.6) is 0 Å². The van der Waals surface area contributed by atoms with E-state index in [1.54, 1.807) is 0 Å². The molecule has 0 unspecified atom stereocenters. The van der Waals surface area contributed by atoms with E-state index in [9.17, 15) is 13.2 Å². The highest BCUT2D eigenvalue weighted by Gasteiger charge is 2.25. The quantitative estimate of drug-likeness (QED) is 0.851. The molecule has 0 bridgehead atoms. The van der Waals surface area contributed by atoms with Crippen molar-refractivity contribution in [1.29, 1.82) is 0 Å². The highest BCUT2D eigenvalue weighted by molar-refractivity contribution is 7.88. The molecule has 112 valence electrons. The van der Waals surface area contributed by atoms with E-state index >= 15 is 0 Å². The Morgan fingerprint density at radius 1 is 1.40 bits per heavy atom. The maximum absolute atomic E-state index is 12.1. The first-order valence-electron chi connectivity index (χ1n) is 6.95. The maximum atomic E-state index is 12.1. The normalized spacial score (nSPS) is 23.0. The fourth-order valence-electron chi connectivity index (χ4n) is 2.57. The molecule has 0 aromatic rings. The van der Waals surface area contributed by atoms with Gasteiger partial charge >= 0.3 is 10.2 Å². The van der Waals surface area contributed by atoms with Crippen molar-refractivity contribution >= 4 is 21.8 Å². The zero-order valence-corrected chi connectivity index (χ0v) is 12.7. The maximum Gasteiger partial charge on any atom is 0.344 e. The molecule has 0 radical (unpaired) electrons. The SMILES string of the molecule is CC1=NS(=O)(=O)N(C)C=C1C(=O)NCC1CCCCC1. The molecule has 7 heteroatoms. The summed E-state index contributed by atoms with van der Waals surface area (Å²) in [6, 6.07) is 0. The fourth-order valence-corrected chi connectivity index (χ4v) is 3.39. The summed E-state index contributed by atoms with van der Waals surface area (Å²) in [6.45, 7) is 2.19. The monoisotopic (exact) mass is 299 g/mol. The van der Waals surface area contributed by atoms with Gasteiger partial charge in [-0.2, -0.15) is 8.42 Å². The van der Waals surface area contributed by atoms with Gasteiger partial charge in [-0.3, -0.25) is 9.10 Å². The minimum Gasteiger partial charge on any atom is -0.352 e. The standard InChI is InChI=1S/C13H21N3O3S/c1-10-12(9-16(2)20(18,19)15-10)13(17)14-8-11-6-4-3-5-7-11/h9,11H,3-8H2,1-2H3,(H,14,17). The zero-order chi connectivity index (χ0) is 14.8. The molecule has 1 N–H and O–H groups in total. The molecule has 2 aliphatic rings. The van der Waals surface area contributed by atoms with Crippen LogP contribution in [-0.4, -0.2) is 37.9 Å². The summed E-state index contributed by atoms with van der Waals surface area (Å²) in [5, 5.41) is 2.89. The van der Waals surface area contributed by atoms with Crippen LogP contribution in [0.15, 0.2) is 16.2 Å². The second-order valence-corrected chi connectivity index (χ2v) is 7.08. The first-order valence-corrected chi connectivity index (χ1v) is 8.35. The Morgan fingerprint density at radius 2 is 2.05 bits per heavy atom. The third-order valence-corrected chi connectivity index (χ3v) is 5.18. The molecule has 1 aliphatic carbocycles. The number of carbonyl (C=O) groups excluding carboxylic acids is 1. The van der Waals surface area contributed by atoms with E-state index in [2.05, 4.69) is 9.71 Å². The summed E-state index contributed by atoms with van der Waals surface area (Å²) < 4.78 is 27.6. The second kappa shape index (κ2) is 5.95. The summed E-state index contributed by atoms with van der Waals surface area (Å²) in [4.78, 5) is 12.1. The first-order chi connectivity index (χ1) is 9.40. The van der Waals surface area contributed by atoms with Crippen molar-refractivity contribution in [3.05, 3.63) is 11.8 Å². The molecular weight excluding hydrogens is 278 g/mol. The molecule has 2 rings (SSSR count). The van der Waals surface area contributed by atoms with Crippen LogP contribution in [-0.2, 0) is 15.0 Å². The third kappa shape index (κ3) is 3.39. The van der Waals surface area contributed by atoms with Crippen molar-refractivity contribution in [2.75, 3.05) is 13.6 Å². The lowest BCUT2D eigenvalue weighted by molar-refractivity contribution is -0.117. The molecule has 1 aliphatic heterocycles. The van der Waals surface area contributed by atoms with Gasteiger partial charge in [-0.25, -0.2) is 0 Å². The molecule has 6 nitrogen and oxygen atoms in total. The average molecular weight is 299 g/mol. The lowest BCUT2D eigenvalue weighted by Gasteiger charge is -2.23. The largest absolute Gasteiger partial charge is 0.352 e. The van der Waals surface area contributed by atoms with Gasteiger partial charge in [0, 0.05) is 19.8 Å². The highest BCUT2D eigenvalue weighted by atomic mass is 32.2. The van der Waals surface area contributed by atoms with Crippen molar-refractivity contribution in [1.82, 2.24) is 9.62 Å². The number of amides is 1. The molecule has 0 aromatic heterocycles. The molecule has 20 heavy (non-hydrogen) atoms. The summed E-state index contributed by atoms with van der Waals surface area (Å²) in [5.74, 6) is 0.286. The minimum atomic E-state index is -3.65. The van der Waals surface area contributed by atoms with Crippen LogP contribution in [0, 0.1) is 5.92 Å². The van der Waals surface area contributed by atoms with E-state index in [-0.39, 0.29) is 11.6 Å². The lowest BCUT2D eigenvalue weighted by Crippen LogP contribution is -2.36. The van der Waals surface area contributed by atoms with E-state index < -0.39 is 10.2 Å². The van der Waals surface area contributed by atoms with Crippen molar-refractivity contribution < 1.29 is 13.2 Å². The van der Waals surface area contributed by atoms with Crippen LogP contribution >= 0.6 is 0 Å². The van der Waals surface area contributed by atoms with Crippen LogP contribution in [0.2, 0.25) is 0 Å². The average Bonchev–Trinajstić information content (AvgIpc) is 2.41. The number of carbonyl (C=O) groups is 1. The van der Waals surface area contributed by atoms with E-state index in [1.807, 2.05) is 0 Å². The van der Waals surface area contributed by atoms with Gasteiger partial charge in [0.2, 0.25) is 0 Å². The number of hydrogen-bond donors (Lipinski definition) is 1. The summed E-state index contributed by atoms with van der Waals surface area (Å²) >= 11 is 0. The molecular formula is C13H21N3O3S. The molecule has 1 saturated carbocycles. The minimum absolute atomic E-state index is 0.240. The van der Waals surface area contributed by atoms with Gasteiger partial charge in [0.25, 0.3) is 5.91 Å². The van der Waals surface area contributed by atoms with Crippen LogP contribution in [0.3, 0.4) is 0 Å². The van der Waals surface area contributed by atoms with Gasteiger partial charge in [-0.05, 0) is 25.7 Å². The molecule has 1 fully saturated rings. The molecule has 0 atom stereocenters. The fraction of sp³-hybridized carbons (Fsp3) is 0.692. The van der Waals surface area contributed by atoms with E-state index in [1.165, 1.54) is 39.4 Å². The third-order valence-electron chi connectivity index (χ3n) is 3.84. The van der Waals surface area contributed by atoms with Gasteiger partial charge in [-0.1, -0.05) is 19.3 Å². The van der Waals surface area contributed by atoms with Gasteiger partial charge in [0.1, 0.15) is 0 Å². The lowest BCUT2D eigenvalue weighted by atomic mass is 9.89. The van der Waals surface area contributed by atoms with Crippen LogP contribution in [0.1, 0.15) is 39.0 Å². The number of rotatable bonds is 3. The van der Waals surface area contributed by atoms with E-state index in [0.717, 1.165) is 17.1 Å². The summed E-state index contributed by atoms with van der Waals surface area (Å²) in [6.07, 6.45) is 7.37. The van der Waals surface area contributed by atoms with Crippen LogP contribution in [0.25, 0.3) is 0 Å². The second-order valence-electron chi connectivity index (χ2n) is 5.43. The van der Waals surface area contributed by atoms with Crippen molar-refractivity contribution in [2.45, 2.75) is 39.0 Å². The van der Waals surface area contributed by atoms with Crippen molar-refractivity contribution in [3.8, 4) is 0 Å². The zero-order valence-electron chi connectivity index (χ0n) is 11.9. The first kappa shape index (κ1) is 15.0. The molecule has 0 aromatic carbocycles. The smallest absolute Gasteiger partial charge is 0.344 e. The number of nitrogens with zero attached hydrogens (tertiary/aromatic N) is 2. The Balaban J connectivity index is 1.97. The van der Waals surface area contributed by atoms with Gasteiger partial charge in [0.15, 0.2) is 0 Å². The van der Waals surface area contributed by atoms with Gasteiger partial charge < -0.3 is 5.32 Å². The topological polar surface area (TPSA) is 78.8 Å². The summed E-state index contributed by atoms with van der Waals surface area (Å²) in [5.41, 5.74) is 0.558. The van der Waals surface area contributed by atoms with Crippen LogP contribution < -0.4 is 5.32 Å². The van der Waals surface area contributed by atoms with E-state index in [0.29, 0.717) is 18.0 Å². The van der Waals surface area contributed by atoms with Gasteiger partial charge in [0.05, 0.1) is 11.3 Å². The highest BCUT2D eigenvalue weighted by Crippen LogP contribution is 2.23. The molecule has 1 heterocycles. The van der Waals surface area contributed by atoms with Crippen LogP contribution in [0.4, 0.5) is 0 Å². The van der Waals surface area contributed by atoms with E-state index in [4.69, 9.17) is 0 Å². The predicted molar refractivity (Wildman–Crippen MR) is 77.5 cm³/mol. The molecule has 0 spiro atoms. The van der Waals surface area contributed by atoms with Crippen molar-refractivity contribution in [2.24, 2.45) is 10.3 Å². The Kier molecular flexibility index (Phi) is 4.47. The molecule has 0 saturated heterocycles. The Hall–Kier alpha value is -1.37. The Labute approximate surface area is 120 Å².